The number of nitrogens with zero attached hydrogens (tertiary/aromatic N) is 1. The van der Waals surface area contributed by atoms with Gasteiger partial charge in [-0.25, -0.2) is 0 Å². The number of likely N-dealkylation sites (N-methyl/N-ethyl adjacent to an activating group) is 1. The Balaban J connectivity index is -0.000000205. The lowest BCUT2D eigenvalue weighted by atomic mass is 10.4. The molecule has 0 rings (SSSR count). The van der Waals surface area contributed by atoms with Crippen LogP contribution in [0.5, 0.6) is 0 Å². The first kappa shape index (κ1) is 19.5. The minimum Gasteiger partial charge on any atom is -0.380 e. The molecule has 0 bridgehead atoms. The number of rotatable bonds is 4. The highest BCUT2D eigenvalue weighted by Crippen LogP contribution is 1.90. The molecule has 0 aromatic carbocycles. The first-order valence-corrected chi connectivity index (χ1v) is 5.83. The van der Waals surface area contributed by atoms with E-state index in [1.165, 1.54) is 6.42 Å². The summed E-state index contributed by atoms with van der Waals surface area (Å²) in [5, 5.41) is 0. The second kappa shape index (κ2) is 18.7. The fraction of sp³-hybridized carbons (Fsp3) is 1.00. The lowest BCUT2D eigenvalue weighted by Crippen LogP contribution is -2.28. The van der Waals surface area contributed by atoms with Crippen LogP contribution in [0.4, 0.5) is 0 Å². The second-order valence-corrected chi connectivity index (χ2v) is 3.11. The molecule has 0 aliphatic heterocycles. The lowest BCUT2D eigenvalue weighted by Gasteiger charge is -2.17. The van der Waals surface area contributed by atoms with E-state index in [-0.39, 0.29) is 0 Å². The summed E-state index contributed by atoms with van der Waals surface area (Å²) in [6.07, 6.45) is 1.61. The fourth-order valence-electron chi connectivity index (χ4n) is 0.643. The van der Waals surface area contributed by atoms with Crippen molar-refractivity contribution in [2.24, 2.45) is 0 Å². The Morgan fingerprint density at radius 2 is 1.50 bits per heavy atom. The zero-order valence-electron chi connectivity index (χ0n) is 11.6. The number of hydrogen-bond acceptors (Lipinski definition) is 2. The third-order valence-corrected chi connectivity index (χ3v) is 1.51. The molecule has 0 aliphatic carbocycles. The SMILES string of the molecule is CC.CCC.CCN(C)C[C@H](C)OC. The zero-order chi connectivity index (χ0) is 12.0. The fourth-order valence-corrected chi connectivity index (χ4v) is 0.643. The Bertz CT molecular complexity index is 68.7. The molecule has 14 heavy (non-hydrogen) atoms. The summed E-state index contributed by atoms with van der Waals surface area (Å²) in [4.78, 5) is 2.23. The molecule has 0 aliphatic rings. The topological polar surface area (TPSA) is 12.5 Å². The monoisotopic (exact) mass is 205 g/mol. The van der Waals surface area contributed by atoms with Crippen LogP contribution in [0.2, 0.25) is 0 Å². The molecule has 0 spiro atoms. The number of hydrogen-bond donors (Lipinski definition) is 0. The van der Waals surface area contributed by atoms with Gasteiger partial charge in [-0.3, -0.25) is 0 Å². The molecule has 0 aromatic heterocycles. The highest BCUT2D eigenvalue weighted by molar-refractivity contribution is 4.54. The van der Waals surface area contributed by atoms with E-state index in [0.29, 0.717) is 6.10 Å². The van der Waals surface area contributed by atoms with Gasteiger partial charge in [-0.15, -0.1) is 0 Å². The Labute approximate surface area is 91.6 Å². The van der Waals surface area contributed by atoms with Crippen molar-refractivity contribution in [2.75, 3.05) is 27.2 Å². The molecular formula is C12H31NO. The van der Waals surface area contributed by atoms with Crippen molar-refractivity contribution < 1.29 is 4.74 Å². The van der Waals surface area contributed by atoms with Gasteiger partial charge in [0.25, 0.3) is 0 Å². The van der Waals surface area contributed by atoms with E-state index in [1.54, 1.807) is 7.11 Å². The molecule has 0 N–H and O–H groups in total. The summed E-state index contributed by atoms with van der Waals surface area (Å²) in [5.74, 6) is 0. The summed E-state index contributed by atoms with van der Waals surface area (Å²) < 4.78 is 5.08. The number of methoxy groups -OCH3 is 1. The molecule has 0 aromatic rings. The van der Waals surface area contributed by atoms with Crippen LogP contribution < -0.4 is 0 Å². The van der Waals surface area contributed by atoms with Gasteiger partial charge in [0.15, 0.2) is 0 Å². The van der Waals surface area contributed by atoms with Gasteiger partial charge >= 0.3 is 0 Å². The third-order valence-electron chi connectivity index (χ3n) is 1.51. The molecule has 0 radical (unpaired) electrons. The largest absolute Gasteiger partial charge is 0.380 e. The van der Waals surface area contributed by atoms with E-state index in [1.807, 2.05) is 13.8 Å². The van der Waals surface area contributed by atoms with Crippen LogP contribution in [-0.2, 0) is 4.74 Å². The highest BCUT2D eigenvalue weighted by Gasteiger charge is 2.00. The van der Waals surface area contributed by atoms with Crippen molar-refractivity contribution >= 4 is 0 Å². The lowest BCUT2D eigenvalue weighted by molar-refractivity contribution is 0.0873. The van der Waals surface area contributed by atoms with Crippen molar-refractivity contribution in [3.8, 4) is 0 Å². The summed E-state index contributed by atoms with van der Waals surface area (Å²) in [7, 11) is 3.84. The van der Waals surface area contributed by atoms with Gasteiger partial charge in [-0.1, -0.05) is 41.0 Å². The van der Waals surface area contributed by atoms with Gasteiger partial charge in [0.05, 0.1) is 6.10 Å². The third kappa shape index (κ3) is 22.7. The average Bonchev–Trinajstić information content (AvgIpc) is 2.21. The Kier molecular flexibility index (Phi) is 26.0. The molecule has 2 heteroatoms. The van der Waals surface area contributed by atoms with Crippen LogP contribution >= 0.6 is 0 Å². The van der Waals surface area contributed by atoms with Crippen LogP contribution in [0.15, 0.2) is 0 Å². The predicted molar refractivity (Wildman–Crippen MR) is 67.0 cm³/mol. The molecule has 0 fully saturated rings. The molecule has 90 valence electrons. The smallest absolute Gasteiger partial charge is 0.0669 e. The van der Waals surface area contributed by atoms with E-state index in [2.05, 4.69) is 39.6 Å². The van der Waals surface area contributed by atoms with Crippen molar-refractivity contribution in [1.29, 1.82) is 0 Å². The molecule has 2 nitrogen and oxygen atoms in total. The van der Waals surface area contributed by atoms with Crippen LogP contribution in [0.3, 0.4) is 0 Å². The van der Waals surface area contributed by atoms with Crippen molar-refractivity contribution in [3.05, 3.63) is 0 Å². The minimum atomic E-state index is 0.356. The van der Waals surface area contributed by atoms with Gasteiger partial charge in [0, 0.05) is 13.7 Å². The molecule has 0 unspecified atom stereocenters. The van der Waals surface area contributed by atoms with E-state index in [4.69, 9.17) is 4.74 Å². The standard InChI is InChI=1S/C7H17NO.C3H8.C2H6/c1-5-8(3)6-7(2)9-4;1-3-2;1-2/h7H,5-6H2,1-4H3;3H2,1-2H3;1-2H3/t7-;;/m0../s1. The summed E-state index contributed by atoms with van der Waals surface area (Å²) >= 11 is 0. The molecular weight excluding hydrogens is 174 g/mol. The first-order chi connectivity index (χ1) is 6.62. The summed E-state index contributed by atoms with van der Waals surface area (Å²) in [5.41, 5.74) is 0. The molecule has 1 atom stereocenters. The van der Waals surface area contributed by atoms with E-state index < -0.39 is 0 Å². The number of ether oxygens (including phenoxy) is 1. The van der Waals surface area contributed by atoms with Gasteiger partial charge in [-0.2, -0.15) is 0 Å². The normalized spacial score (nSPS) is 10.9. The second-order valence-electron chi connectivity index (χ2n) is 3.11. The van der Waals surface area contributed by atoms with Crippen molar-refractivity contribution in [1.82, 2.24) is 4.90 Å². The van der Waals surface area contributed by atoms with Crippen LogP contribution in [0.1, 0.15) is 48.0 Å². The quantitative estimate of drug-likeness (QED) is 0.697. The molecule has 0 saturated carbocycles. The zero-order valence-corrected chi connectivity index (χ0v) is 11.6. The Hall–Kier alpha value is -0.0800. The maximum absolute atomic E-state index is 5.08. The van der Waals surface area contributed by atoms with Crippen molar-refractivity contribution in [3.63, 3.8) is 0 Å². The first-order valence-electron chi connectivity index (χ1n) is 5.83. The Morgan fingerprint density at radius 3 is 1.71 bits per heavy atom. The van der Waals surface area contributed by atoms with Crippen LogP contribution in [0, 0.1) is 0 Å². The minimum absolute atomic E-state index is 0.356. The molecule has 0 amide bonds. The molecule has 0 saturated heterocycles. The van der Waals surface area contributed by atoms with Gasteiger partial charge in [-0.05, 0) is 20.5 Å². The Morgan fingerprint density at radius 1 is 1.14 bits per heavy atom. The summed E-state index contributed by atoms with van der Waals surface area (Å²) in [6, 6.07) is 0. The van der Waals surface area contributed by atoms with Crippen molar-refractivity contribution in [2.45, 2.75) is 54.1 Å². The van der Waals surface area contributed by atoms with E-state index in [0.717, 1.165) is 13.1 Å². The maximum Gasteiger partial charge on any atom is 0.0669 e. The van der Waals surface area contributed by atoms with Gasteiger partial charge < -0.3 is 9.64 Å². The van der Waals surface area contributed by atoms with E-state index >= 15 is 0 Å². The van der Waals surface area contributed by atoms with Gasteiger partial charge in [0.1, 0.15) is 0 Å². The maximum atomic E-state index is 5.08. The average molecular weight is 205 g/mol. The van der Waals surface area contributed by atoms with Gasteiger partial charge in [0.2, 0.25) is 0 Å². The molecule has 0 heterocycles. The summed E-state index contributed by atoms with van der Waals surface area (Å²) in [6.45, 7) is 14.6. The van der Waals surface area contributed by atoms with E-state index in [9.17, 15) is 0 Å². The van der Waals surface area contributed by atoms with Crippen LogP contribution in [0.25, 0.3) is 0 Å². The van der Waals surface area contributed by atoms with Crippen LogP contribution in [-0.4, -0.2) is 38.3 Å². The highest BCUT2D eigenvalue weighted by atomic mass is 16.5. The predicted octanol–water partition coefficient (Wildman–Crippen LogP) is 3.42.